The van der Waals surface area contributed by atoms with Gasteiger partial charge in [-0.3, -0.25) is 8.98 Å². The van der Waals surface area contributed by atoms with E-state index < -0.39 is 33.6 Å². The maximum atomic E-state index is 13.4. The Morgan fingerprint density at radius 3 is 2.74 bits per heavy atom. The molecule has 1 aliphatic rings. The molecule has 10 nitrogen and oxygen atoms in total. The van der Waals surface area contributed by atoms with Crippen molar-refractivity contribution in [3.63, 3.8) is 0 Å². The number of carbonyl (C=O) groups is 1. The molecule has 1 aliphatic carbocycles. The highest BCUT2D eigenvalue weighted by Crippen LogP contribution is 2.33. The maximum absolute atomic E-state index is 13.4. The summed E-state index contributed by atoms with van der Waals surface area (Å²) in [5, 5.41) is 13.4. The Kier molecular flexibility index (Phi) is 7.86. The Morgan fingerprint density at radius 1 is 1.29 bits per heavy atom. The van der Waals surface area contributed by atoms with Crippen molar-refractivity contribution < 1.29 is 27.1 Å². The minimum Gasteiger partial charge on any atom is -0.606 e. The molecule has 0 bridgehead atoms. The largest absolute Gasteiger partial charge is 0.606 e. The standard InChI is InChI=1S/C22H24N4O6S3/c1-13-20(34(29)15-6-4-3-5-7-15)10-19(33-13)21(28)16-11-23-12-24-22(16)25-14-8-17(18(27)9-14)26-35(30,31)32-2/h3-7,10-12,14,17-18,26-27H,8-9H2,1-2H3,(H,23,24,25)/t14-,17-,18+,34+/m1/s1. The van der Waals surface area contributed by atoms with Crippen molar-refractivity contribution in [2.45, 2.75) is 47.7 Å². The number of aromatic nitrogens is 2. The van der Waals surface area contributed by atoms with E-state index in [1.165, 1.54) is 23.9 Å². The molecule has 3 aromatic rings. The molecule has 4 rings (SSSR count). The molecule has 35 heavy (non-hydrogen) atoms. The zero-order valence-electron chi connectivity index (χ0n) is 18.9. The highest BCUT2D eigenvalue weighted by atomic mass is 32.2. The molecule has 186 valence electrons. The predicted molar refractivity (Wildman–Crippen MR) is 131 cm³/mol. The van der Waals surface area contributed by atoms with Crippen molar-refractivity contribution >= 4 is 44.4 Å². The van der Waals surface area contributed by atoms with Gasteiger partial charge in [0.15, 0.2) is 9.79 Å². The summed E-state index contributed by atoms with van der Waals surface area (Å²) in [7, 11) is -2.93. The third kappa shape index (κ3) is 5.89. The quantitative estimate of drug-likeness (QED) is 0.275. The first kappa shape index (κ1) is 25.7. The zero-order chi connectivity index (χ0) is 25.2. The minimum absolute atomic E-state index is 0.223. The van der Waals surface area contributed by atoms with E-state index in [4.69, 9.17) is 0 Å². The van der Waals surface area contributed by atoms with Gasteiger partial charge >= 0.3 is 10.3 Å². The van der Waals surface area contributed by atoms with Gasteiger partial charge in [-0.15, -0.1) is 11.3 Å². The summed E-state index contributed by atoms with van der Waals surface area (Å²) in [5.74, 6) is -0.0538. The van der Waals surface area contributed by atoms with Crippen molar-refractivity contribution in [1.29, 1.82) is 0 Å². The van der Waals surface area contributed by atoms with Crippen LogP contribution in [0.5, 0.6) is 0 Å². The summed E-state index contributed by atoms with van der Waals surface area (Å²) < 4.78 is 43.1. The second-order valence-corrected chi connectivity index (χ2v) is 12.1. The third-order valence-electron chi connectivity index (χ3n) is 5.59. The van der Waals surface area contributed by atoms with Crippen LogP contribution in [-0.2, 0) is 25.7 Å². The number of carbonyl (C=O) groups excluding carboxylic acids is 1. The molecular formula is C22H24N4O6S3. The molecule has 1 saturated carbocycles. The number of thiophene rings is 1. The van der Waals surface area contributed by atoms with E-state index >= 15 is 0 Å². The number of rotatable bonds is 9. The smallest absolute Gasteiger partial charge is 0.335 e. The molecule has 0 aliphatic heterocycles. The molecule has 0 saturated heterocycles. The fraction of sp³-hybridized carbons (Fsp3) is 0.318. The van der Waals surface area contributed by atoms with E-state index in [0.717, 1.165) is 12.0 Å². The van der Waals surface area contributed by atoms with Crippen molar-refractivity contribution in [1.82, 2.24) is 14.7 Å². The molecule has 2 heterocycles. The summed E-state index contributed by atoms with van der Waals surface area (Å²) in [6, 6.07) is 9.57. The van der Waals surface area contributed by atoms with Crippen LogP contribution in [0.25, 0.3) is 0 Å². The number of nitrogens with zero attached hydrogens (tertiary/aromatic N) is 2. The molecule has 0 unspecified atom stereocenters. The van der Waals surface area contributed by atoms with E-state index in [1.54, 1.807) is 18.2 Å². The fourth-order valence-corrected chi connectivity index (χ4v) is 7.02. The van der Waals surface area contributed by atoms with Crippen LogP contribution < -0.4 is 10.0 Å². The number of hydrogen-bond acceptors (Lipinski definition) is 10. The lowest BCUT2D eigenvalue weighted by atomic mass is 10.1. The second kappa shape index (κ2) is 10.7. The summed E-state index contributed by atoms with van der Waals surface area (Å²) >= 11 is -0.175. The van der Waals surface area contributed by atoms with Gasteiger partial charge in [0.1, 0.15) is 12.1 Å². The number of aliphatic hydroxyl groups excluding tert-OH is 1. The first-order valence-corrected chi connectivity index (χ1v) is 14.0. The molecular weight excluding hydrogens is 512 g/mol. The first-order chi connectivity index (χ1) is 16.7. The molecule has 0 spiro atoms. The van der Waals surface area contributed by atoms with Crippen LogP contribution in [0.3, 0.4) is 0 Å². The highest BCUT2D eigenvalue weighted by Gasteiger charge is 2.36. The van der Waals surface area contributed by atoms with Crippen LogP contribution in [0.15, 0.2) is 58.7 Å². The number of aryl methyl sites for hydroxylation is 1. The number of ketones is 1. The number of nitrogens with one attached hydrogen (secondary N) is 2. The molecule has 4 atom stereocenters. The number of benzene rings is 1. The van der Waals surface area contributed by atoms with Crippen LogP contribution in [-0.4, -0.2) is 59.1 Å². The Hall–Kier alpha value is -2.39. The van der Waals surface area contributed by atoms with Crippen molar-refractivity contribution in [2.24, 2.45) is 0 Å². The SMILES string of the molecule is COS(=O)(=O)N[C@@H]1C[C@@H](Nc2ncncc2C(=O)c2cc([S@@+]([O-])c3ccccc3)c(C)s2)C[C@@H]1O. The Bertz CT molecular complexity index is 1300. The van der Waals surface area contributed by atoms with E-state index in [9.17, 15) is 22.9 Å². The van der Waals surface area contributed by atoms with Crippen LogP contribution in [0.1, 0.15) is 33.0 Å². The molecule has 0 amide bonds. The molecule has 1 fully saturated rings. The highest BCUT2D eigenvalue weighted by molar-refractivity contribution is 7.91. The topological polar surface area (TPSA) is 154 Å². The van der Waals surface area contributed by atoms with Gasteiger partial charge in [0.2, 0.25) is 5.78 Å². The molecule has 1 aromatic carbocycles. The van der Waals surface area contributed by atoms with Gasteiger partial charge in [-0.1, -0.05) is 18.2 Å². The summed E-state index contributed by atoms with van der Waals surface area (Å²) in [6.07, 6.45) is 2.27. The number of aliphatic hydroxyl groups is 1. The Balaban J connectivity index is 1.52. The molecule has 13 heteroatoms. The van der Waals surface area contributed by atoms with E-state index in [0.29, 0.717) is 14.7 Å². The lowest BCUT2D eigenvalue weighted by molar-refractivity contribution is 0.104. The third-order valence-corrected chi connectivity index (χ3v) is 9.33. The second-order valence-electron chi connectivity index (χ2n) is 7.95. The monoisotopic (exact) mass is 536 g/mol. The molecule has 2 aromatic heterocycles. The van der Waals surface area contributed by atoms with E-state index in [1.807, 2.05) is 25.1 Å². The molecule has 3 N–H and O–H groups in total. The van der Waals surface area contributed by atoms with Crippen molar-refractivity contribution in [3.05, 3.63) is 64.2 Å². The van der Waals surface area contributed by atoms with Gasteiger partial charge in [-0.25, -0.2) is 9.97 Å². The summed E-state index contributed by atoms with van der Waals surface area (Å²) in [6.45, 7) is 1.82. The predicted octanol–water partition coefficient (Wildman–Crippen LogP) is 2.03. The Morgan fingerprint density at radius 2 is 2.03 bits per heavy atom. The van der Waals surface area contributed by atoms with Gasteiger partial charge in [-0.05, 0) is 31.9 Å². The van der Waals surface area contributed by atoms with Crippen LogP contribution in [0, 0.1) is 6.92 Å². The fourth-order valence-electron chi connectivity index (χ4n) is 3.86. The van der Waals surface area contributed by atoms with Crippen LogP contribution in [0.4, 0.5) is 5.82 Å². The number of anilines is 1. The molecule has 0 radical (unpaired) electrons. The normalized spacial score (nSPS) is 21.1. The van der Waals surface area contributed by atoms with Gasteiger partial charge in [-0.2, -0.15) is 13.1 Å². The van der Waals surface area contributed by atoms with E-state index in [-0.39, 0.29) is 36.0 Å². The van der Waals surface area contributed by atoms with Gasteiger partial charge in [0, 0.05) is 29.5 Å². The summed E-state index contributed by atoms with van der Waals surface area (Å²) in [4.78, 5) is 23.9. The van der Waals surface area contributed by atoms with Gasteiger partial charge < -0.3 is 15.0 Å². The van der Waals surface area contributed by atoms with E-state index in [2.05, 4.69) is 24.2 Å². The maximum Gasteiger partial charge on any atom is 0.335 e. The Labute approximate surface area is 210 Å². The van der Waals surface area contributed by atoms with Gasteiger partial charge in [0.05, 0.1) is 34.6 Å². The zero-order valence-corrected chi connectivity index (χ0v) is 21.3. The van der Waals surface area contributed by atoms with Gasteiger partial charge in [0.25, 0.3) is 0 Å². The lowest BCUT2D eigenvalue weighted by Crippen LogP contribution is -2.40. The average Bonchev–Trinajstić information content (AvgIpc) is 3.40. The average molecular weight is 537 g/mol. The minimum atomic E-state index is -3.96. The number of hydrogen-bond donors (Lipinski definition) is 3. The lowest BCUT2D eigenvalue weighted by Gasteiger charge is -2.16. The van der Waals surface area contributed by atoms with Crippen molar-refractivity contribution in [2.75, 3.05) is 12.4 Å². The van der Waals surface area contributed by atoms with Crippen LogP contribution >= 0.6 is 11.3 Å². The first-order valence-electron chi connectivity index (χ1n) is 10.6. The van der Waals surface area contributed by atoms with Crippen LogP contribution in [0.2, 0.25) is 0 Å². The van der Waals surface area contributed by atoms with Crippen molar-refractivity contribution in [3.8, 4) is 0 Å². The summed E-state index contributed by atoms with van der Waals surface area (Å²) in [5.41, 5.74) is 0.223.